The number of halogens is 1. The van der Waals surface area contributed by atoms with Gasteiger partial charge in [0.25, 0.3) is 0 Å². The molecule has 0 bridgehead atoms. The summed E-state index contributed by atoms with van der Waals surface area (Å²) in [7, 11) is 0. The van der Waals surface area contributed by atoms with Crippen molar-refractivity contribution in [2.45, 2.75) is 0 Å². The predicted molar refractivity (Wildman–Crippen MR) is 138 cm³/mol. The highest BCUT2D eigenvalue weighted by molar-refractivity contribution is 6.38. The lowest BCUT2D eigenvalue weighted by molar-refractivity contribution is 0.574. The van der Waals surface area contributed by atoms with Crippen molar-refractivity contribution in [3.05, 3.63) is 96.0 Å². The maximum Gasteiger partial charge on any atom is 0.307 e. The fourth-order valence-electron chi connectivity index (χ4n) is 5.18. The van der Waals surface area contributed by atoms with Gasteiger partial charge >= 0.3 is 6.01 Å². The fourth-order valence-corrected chi connectivity index (χ4v) is 5.42. The molecule has 8 rings (SSSR count). The molecule has 8 aromatic rings. The van der Waals surface area contributed by atoms with Gasteiger partial charge in [-0.1, -0.05) is 72.3 Å². The Morgan fingerprint density at radius 1 is 0.647 bits per heavy atom. The molecule has 0 atom stereocenters. The molecular formula is C29H15ClN2O2. The van der Waals surface area contributed by atoms with E-state index in [1.54, 1.807) is 6.07 Å². The fraction of sp³-hybridized carbons (Fsp3) is 0. The molecule has 0 aliphatic carbocycles. The van der Waals surface area contributed by atoms with E-state index in [9.17, 15) is 0 Å². The van der Waals surface area contributed by atoms with E-state index >= 15 is 0 Å². The number of aromatic nitrogens is 2. The molecule has 3 aromatic heterocycles. The molecule has 0 N–H and O–H groups in total. The highest BCUT2D eigenvalue weighted by Crippen LogP contribution is 2.41. The molecule has 0 radical (unpaired) electrons. The zero-order valence-corrected chi connectivity index (χ0v) is 18.5. The number of nitrogens with zero attached hydrogens (tertiary/aromatic N) is 2. The predicted octanol–water partition coefficient (Wildman–Crippen LogP) is 8.63. The standard InChI is InChI=1S/C29H15ClN2O2/c30-21-15-25-27(26-19-10-4-6-12-24(19)33-28(21)26)31-29(34-25)32-22-11-5-3-9-18(22)20-13-16-7-1-2-8-17(16)14-23(20)32/h1-15H. The van der Waals surface area contributed by atoms with Crippen LogP contribution in [0, 0.1) is 0 Å². The van der Waals surface area contributed by atoms with Crippen LogP contribution >= 0.6 is 11.6 Å². The van der Waals surface area contributed by atoms with Crippen molar-refractivity contribution in [1.82, 2.24) is 9.55 Å². The third-order valence-electron chi connectivity index (χ3n) is 6.68. The Balaban J connectivity index is 1.53. The molecule has 0 unspecified atom stereocenters. The normalized spacial score (nSPS) is 12.3. The average Bonchev–Trinajstić information content (AvgIpc) is 3.54. The van der Waals surface area contributed by atoms with E-state index in [1.807, 2.05) is 30.3 Å². The van der Waals surface area contributed by atoms with Gasteiger partial charge in [0.1, 0.15) is 11.1 Å². The van der Waals surface area contributed by atoms with Crippen LogP contribution in [0.15, 0.2) is 99.8 Å². The summed E-state index contributed by atoms with van der Waals surface area (Å²) in [6.07, 6.45) is 0. The SMILES string of the molecule is Clc1cc2oc(-n3c4ccccc4c4cc5ccccc5cc43)nc2c2c1oc1ccccc12. The van der Waals surface area contributed by atoms with Crippen molar-refractivity contribution in [2.24, 2.45) is 0 Å². The van der Waals surface area contributed by atoms with Crippen molar-refractivity contribution < 1.29 is 8.83 Å². The number of hydrogen-bond acceptors (Lipinski definition) is 3. The van der Waals surface area contributed by atoms with Crippen LogP contribution in [0.2, 0.25) is 5.02 Å². The van der Waals surface area contributed by atoms with Crippen molar-refractivity contribution >= 4 is 77.2 Å². The molecule has 0 spiro atoms. The number of para-hydroxylation sites is 2. The van der Waals surface area contributed by atoms with Crippen LogP contribution in [0.4, 0.5) is 0 Å². The number of hydrogen-bond donors (Lipinski definition) is 0. The Hall–Kier alpha value is -4.28. The molecule has 0 aliphatic heterocycles. The molecular weight excluding hydrogens is 444 g/mol. The summed E-state index contributed by atoms with van der Waals surface area (Å²) in [5.74, 6) is 0. The largest absolute Gasteiger partial charge is 0.454 e. The summed E-state index contributed by atoms with van der Waals surface area (Å²) < 4.78 is 14.5. The first-order valence-corrected chi connectivity index (χ1v) is 11.5. The molecule has 0 saturated carbocycles. The van der Waals surface area contributed by atoms with Gasteiger partial charge < -0.3 is 8.83 Å². The van der Waals surface area contributed by atoms with Crippen LogP contribution in [-0.4, -0.2) is 9.55 Å². The molecule has 3 heterocycles. The summed E-state index contributed by atoms with van der Waals surface area (Å²) in [6.45, 7) is 0. The summed E-state index contributed by atoms with van der Waals surface area (Å²) in [4.78, 5) is 5.00. The summed E-state index contributed by atoms with van der Waals surface area (Å²) in [5, 5.41) is 7.04. The van der Waals surface area contributed by atoms with Crippen molar-refractivity contribution in [3.63, 3.8) is 0 Å². The average molecular weight is 459 g/mol. The maximum atomic E-state index is 6.61. The third kappa shape index (κ3) is 2.30. The smallest absolute Gasteiger partial charge is 0.307 e. The van der Waals surface area contributed by atoms with Crippen LogP contribution in [0.3, 0.4) is 0 Å². The van der Waals surface area contributed by atoms with Crippen molar-refractivity contribution in [2.75, 3.05) is 0 Å². The number of furan rings is 1. The highest BCUT2D eigenvalue weighted by atomic mass is 35.5. The number of benzene rings is 5. The van der Waals surface area contributed by atoms with E-state index in [0.717, 1.165) is 43.7 Å². The van der Waals surface area contributed by atoms with Crippen molar-refractivity contribution in [3.8, 4) is 6.01 Å². The minimum atomic E-state index is 0.505. The maximum absolute atomic E-state index is 6.61. The number of rotatable bonds is 1. The monoisotopic (exact) mass is 458 g/mol. The second-order valence-corrected chi connectivity index (χ2v) is 8.98. The van der Waals surface area contributed by atoms with Crippen LogP contribution in [0.1, 0.15) is 0 Å². The van der Waals surface area contributed by atoms with Gasteiger partial charge in [-0.3, -0.25) is 4.57 Å². The molecule has 4 nitrogen and oxygen atoms in total. The van der Waals surface area contributed by atoms with E-state index < -0.39 is 0 Å². The zero-order valence-electron chi connectivity index (χ0n) is 17.7. The van der Waals surface area contributed by atoms with E-state index in [0.29, 0.717) is 22.2 Å². The van der Waals surface area contributed by atoms with E-state index in [4.69, 9.17) is 25.4 Å². The van der Waals surface area contributed by atoms with Crippen LogP contribution in [-0.2, 0) is 0 Å². The minimum Gasteiger partial charge on any atom is -0.454 e. The Labute approximate surface area is 197 Å². The Morgan fingerprint density at radius 2 is 1.38 bits per heavy atom. The van der Waals surface area contributed by atoms with Gasteiger partial charge in [0.15, 0.2) is 11.2 Å². The minimum absolute atomic E-state index is 0.505. The summed E-state index contributed by atoms with van der Waals surface area (Å²) in [6, 6.07) is 31.4. The van der Waals surface area contributed by atoms with Gasteiger partial charge in [-0.05, 0) is 35.0 Å². The molecule has 5 aromatic carbocycles. The molecule has 0 amide bonds. The molecule has 160 valence electrons. The second kappa shape index (κ2) is 6.40. The lowest BCUT2D eigenvalue weighted by atomic mass is 10.1. The van der Waals surface area contributed by atoms with Gasteiger partial charge in [-0.25, -0.2) is 0 Å². The zero-order chi connectivity index (χ0) is 22.4. The van der Waals surface area contributed by atoms with Gasteiger partial charge in [0.2, 0.25) is 0 Å². The van der Waals surface area contributed by atoms with Gasteiger partial charge in [-0.15, -0.1) is 0 Å². The van der Waals surface area contributed by atoms with Gasteiger partial charge in [0.05, 0.1) is 21.4 Å². The summed E-state index contributed by atoms with van der Waals surface area (Å²) in [5.41, 5.74) is 4.87. The van der Waals surface area contributed by atoms with Gasteiger partial charge in [-0.2, -0.15) is 4.98 Å². The quantitative estimate of drug-likeness (QED) is 0.247. The first-order valence-electron chi connectivity index (χ1n) is 11.1. The third-order valence-corrected chi connectivity index (χ3v) is 6.96. The lowest BCUT2D eigenvalue weighted by Crippen LogP contribution is -1.93. The molecule has 0 saturated heterocycles. The number of oxazole rings is 1. The first-order chi connectivity index (χ1) is 16.8. The lowest BCUT2D eigenvalue weighted by Gasteiger charge is -2.03. The number of fused-ring (bicyclic) bond motifs is 9. The topological polar surface area (TPSA) is 44.1 Å². The molecule has 34 heavy (non-hydrogen) atoms. The first kappa shape index (κ1) is 18.2. The van der Waals surface area contributed by atoms with Gasteiger partial charge in [0, 0.05) is 22.2 Å². The Morgan fingerprint density at radius 3 is 2.26 bits per heavy atom. The Bertz CT molecular complexity index is 2090. The second-order valence-electron chi connectivity index (χ2n) is 8.57. The van der Waals surface area contributed by atoms with Crippen LogP contribution in [0.25, 0.3) is 71.6 Å². The van der Waals surface area contributed by atoms with E-state index in [1.165, 1.54) is 10.8 Å². The van der Waals surface area contributed by atoms with Crippen molar-refractivity contribution in [1.29, 1.82) is 0 Å². The van der Waals surface area contributed by atoms with Crippen LogP contribution in [0.5, 0.6) is 0 Å². The van der Waals surface area contributed by atoms with E-state index in [2.05, 4.69) is 59.2 Å². The Kier molecular flexibility index (Phi) is 3.42. The molecule has 0 aliphatic rings. The van der Waals surface area contributed by atoms with E-state index in [-0.39, 0.29) is 0 Å². The molecule has 5 heteroatoms. The van der Waals surface area contributed by atoms with Crippen LogP contribution < -0.4 is 0 Å². The summed E-state index contributed by atoms with van der Waals surface area (Å²) >= 11 is 6.61. The highest BCUT2D eigenvalue weighted by Gasteiger charge is 2.21. The molecule has 0 fully saturated rings.